The van der Waals surface area contributed by atoms with Crippen molar-refractivity contribution in [1.29, 1.82) is 0 Å². The largest absolute Gasteiger partial charge is 0.456 e. The fourth-order valence-corrected chi connectivity index (χ4v) is 8.68. The molecule has 4 aromatic heterocycles. The second-order valence-corrected chi connectivity index (χ2v) is 13.9. The van der Waals surface area contributed by atoms with Crippen molar-refractivity contribution in [1.82, 2.24) is 19.5 Å². The number of thiophene rings is 1. The van der Waals surface area contributed by atoms with Gasteiger partial charge in [-0.15, -0.1) is 11.3 Å². The highest BCUT2D eigenvalue weighted by atomic mass is 32.1. The lowest BCUT2D eigenvalue weighted by Crippen LogP contribution is -2.00. The normalized spacial score (nSPS) is 11.9. The van der Waals surface area contributed by atoms with Gasteiger partial charge in [-0.05, 0) is 72.8 Å². The molecule has 0 unspecified atom stereocenters. The van der Waals surface area contributed by atoms with E-state index in [0.717, 1.165) is 60.7 Å². The zero-order chi connectivity index (χ0) is 33.5. The highest BCUT2D eigenvalue weighted by molar-refractivity contribution is 7.25. The van der Waals surface area contributed by atoms with Crippen molar-refractivity contribution < 1.29 is 4.42 Å². The molecule has 7 aromatic carbocycles. The molecule has 51 heavy (non-hydrogen) atoms. The van der Waals surface area contributed by atoms with Crippen LogP contribution in [0, 0.1) is 0 Å². The van der Waals surface area contributed by atoms with Crippen LogP contribution in [0.2, 0.25) is 0 Å². The summed E-state index contributed by atoms with van der Waals surface area (Å²) < 4.78 is 10.9. The lowest BCUT2D eigenvalue weighted by molar-refractivity contribution is 0.669. The smallest absolute Gasteiger partial charge is 0.164 e. The molecule has 5 nitrogen and oxygen atoms in total. The van der Waals surface area contributed by atoms with Crippen LogP contribution < -0.4 is 0 Å². The molecule has 0 bridgehead atoms. The Morgan fingerprint density at radius 3 is 1.92 bits per heavy atom. The van der Waals surface area contributed by atoms with E-state index in [9.17, 15) is 0 Å². The minimum absolute atomic E-state index is 0.616. The van der Waals surface area contributed by atoms with E-state index in [0.29, 0.717) is 17.5 Å². The molecule has 0 fully saturated rings. The zero-order valence-corrected chi connectivity index (χ0v) is 27.9. The molecule has 4 heterocycles. The average Bonchev–Trinajstić information content (AvgIpc) is 3.87. The minimum Gasteiger partial charge on any atom is -0.456 e. The van der Waals surface area contributed by atoms with Crippen LogP contribution >= 0.6 is 11.3 Å². The third-order valence-corrected chi connectivity index (χ3v) is 11.0. The van der Waals surface area contributed by atoms with E-state index in [2.05, 4.69) is 132 Å². The van der Waals surface area contributed by atoms with Gasteiger partial charge in [0.2, 0.25) is 0 Å². The Balaban J connectivity index is 1.17. The van der Waals surface area contributed by atoms with Gasteiger partial charge >= 0.3 is 0 Å². The Bertz CT molecular complexity index is 3150. The van der Waals surface area contributed by atoms with E-state index in [1.807, 2.05) is 30.3 Å². The van der Waals surface area contributed by atoms with Crippen LogP contribution in [0.5, 0.6) is 0 Å². The summed E-state index contributed by atoms with van der Waals surface area (Å²) in [4.78, 5) is 15.7. The van der Waals surface area contributed by atoms with Gasteiger partial charge in [-0.3, -0.25) is 0 Å². The molecular weight excluding hydrogens is 645 g/mol. The van der Waals surface area contributed by atoms with Gasteiger partial charge in [0.15, 0.2) is 17.5 Å². The number of para-hydroxylation sites is 3. The summed E-state index contributed by atoms with van der Waals surface area (Å²) in [6.45, 7) is 0. The van der Waals surface area contributed by atoms with Crippen LogP contribution in [-0.4, -0.2) is 19.5 Å². The van der Waals surface area contributed by atoms with E-state index in [4.69, 9.17) is 19.4 Å². The fourth-order valence-electron chi connectivity index (χ4n) is 7.55. The lowest BCUT2D eigenvalue weighted by Gasteiger charge is -2.10. The van der Waals surface area contributed by atoms with Crippen LogP contribution in [0.15, 0.2) is 162 Å². The van der Waals surface area contributed by atoms with Gasteiger partial charge in [0.1, 0.15) is 11.2 Å². The summed E-state index contributed by atoms with van der Waals surface area (Å²) in [7, 11) is 0. The molecule has 0 aliphatic heterocycles. The third-order valence-electron chi connectivity index (χ3n) is 9.86. The van der Waals surface area contributed by atoms with Gasteiger partial charge in [0.05, 0.1) is 11.0 Å². The monoisotopic (exact) mass is 670 g/mol. The molecule has 0 saturated carbocycles. The molecular formula is C45H26N4OS. The number of nitrogens with zero attached hydrogens (tertiary/aromatic N) is 4. The molecule has 0 spiro atoms. The van der Waals surface area contributed by atoms with Crippen LogP contribution in [-0.2, 0) is 0 Å². The number of hydrogen-bond acceptors (Lipinski definition) is 5. The van der Waals surface area contributed by atoms with Crippen molar-refractivity contribution in [3.63, 3.8) is 0 Å². The van der Waals surface area contributed by atoms with Crippen LogP contribution in [0.25, 0.3) is 104 Å². The first-order valence-corrected chi connectivity index (χ1v) is 17.8. The highest BCUT2D eigenvalue weighted by Gasteiger charge is 2.19. The first-order valence-electron chi connectivity index (χ1n) is 16.9. The van der Waals surface area contributed by atoms with Gasteiger partial charge in [-0.1, -0.05) is 84.9 Å². The van der Waals surface area contributed by atoms with Gasteiger partial charge in [0.25, 0.3) is 0 Å². The minimum atomic E-state index is 0.616. The van der Waals surface area contributed by atoms with E-state index < -0.39 is 0 Å². The number of aromatic nitrogens is 4. The van der Waals surface area contributed by atoms with Crippen molar-refractivity contribution in [2.45, 2.75) is 0 Å². The van der Waals surface area contributed by atoms with Crippen molar-refractivity contribution in [2.24, 2.45) is 0 Å². The van der Waals surface area contributed by atoms with Crippen molar-refractivity contribution in [2.75, 3.05) is 0 Å². The van der Waals surface area contributed by atoms with E-state index in [1.54, 1.807) is 11.3 Å². The number of rotatable bonds is 4. The van der Waals surface area contributed by atoms with Crippen molar-refractivity contribution in [3.8, 4) is 39.9 Å². The predicted octanol–water partition coefficient (Wildman–Crippen LogP) is 12.2. The first kappa shape index (κ1) is 28.2. The Hall–Kier alpha value is -6.63. The topological polar surface area (TPSA) is 56.7 Å². The Labute approximate surface area is 295 Å². The second-order valence-electron chi connectivity index (χ2n) is 12.8. The van der Waals surface area contributed by atoms with E-state index in [-0.39, 0.29) is 0 Å². The summed E-state index contributed by atoms with van der Waals surface area (Å²) in [5, 5.41) is 6.80. The van der Waals surface area contributed by atoms with Gasteiger partial charge in [-0.2, -0.15) is 0 Å². The Morgan fingerprint density at radius 2 is 1.06 bits per heavy atom. The zero-order valence-electron chi connectivity index (χ0n) is 27.1. The van der Waals surface area contributed by atoms with E-state index >= 15 is 0 Å². The molecule has 0 amide bonds. The molecule has 11 aromatic rings. The SMILES string of the molecule is c1ccc(-n2c3ccccc3c3cc(-c4nc(-c5ccc6oc7ccccc7c6c5)nc(-c5cccc6sc7ccccc7c56)n4)ccc32)cc1. The molecule has 0 saturated heterocycles. The Kier molecular flexibility index (Phi) is 6.05. The summed E-state index contributed by atoms with van der Waals surface area (Å²) in [6, 6.07) is 55.0. The van der Waals surface area contributed by atoms with Gasteiger partial charge in [0, 0.05) is 64.1 Å². The molecule has 0 aliphatic rings. The maximum atomic E-state index is 6.17. The predicted molar refractivity (Wildman–Crippen MR) is 211 cm³/mol. The Morgan fingerprint density at radius 1 is 0.431 bits per heavy atom. The number of hydrogen-bond donors (Lipinski definition) is 0. The summed E-state index contributed by atoms with van der Waals surface area (Å²) >= 11 is 1.79. The summed E-state index contributed by atoms with van der Waals surface area (Å²) in [6.07, 6.45) is 0. The molecule has 0 N–H and O–H groups in total. The molecule has 6 heteroatoms. The second kappa shape index (κ2) is 10.9. The van der Waals surface area contributed by atoms with Gasteiger partial charge < -0.3 is 8.98 Å². The first-order chi connectivity index (χ1) is 25.3. The average molecular weight is 671 g/mol. The van der Waals surface area contributed by atoms with E-state index in [1.165, 1.54) is 25.6 Å². The summed E-state index contributed by atoms with van der Waals surface area (Å²) in [5.41, 5.74) is 7.94. The molecule has 11 rings (SSSR count). The van der Waals surface area contributed by atoms with Crippen molar-refractivity contribution >= 4 is 75.3 Å². The summed E-state index contributed by atoms with van der Waals surface area (Å²) in [5.74, 6) is 1.89. The van der Waals surface area contributed by atoms with Crippen LogP contribution in [0.3, 0.4) is 0 Å². The van der Waals surface area contributed by atoms with Crippen LogP contribution in [0.1, 0.15) is 0 Å². The molecule has 238 valence electrons. The molecule has 0 radical (unpaired) electrons. The van der Waals surface area contributed by atoms with Gasteiger partial charge in [-0.25, -0.2) is 15.0 Å². The number of fused-ring (bicyclic) bond motifs is 9. The van der Waals surface area contributed by atoms with Crippen LogP contribution in [0.4, 0.5) is 0 Å². The fraction of sp³-hybridized carbons (Fsp3) is 0. The number of furan rings is 1. The lowest BCUT2D eigenvalue weighted by atomic mass is 10.0. The third kappa shape index (κ3) is 4.37. The highest BCUT2D eigenvalue weighted by Crippen LogP contribution is 2.41. The molecule has 0 aliphatic carbocycles. The van der Waals surface area contributed by atoms with Crippen molar-refractivity contribution in [3.05, 3.63) is 158 Å². The standard InChI is InChI=1S/C45H26N4OS/c1-2-11-29(12-3-1)49-36-17-7-4-13-30(36)34-25-27(21-23-37(34)49)43-46-44(28-22-24-39-35(26-28)31-14-5-8-18-38(31)50-39)48-45(47-43)33-16-10-20-41-42(33)32-15-6-9-19-40(32)51-41/h1-26H. The quantitative estimate of drug-likeness (QED) is 0.187. The number of benzene rings is 7. The maximum Gasteiger partial charge on any atom is 0.164 e. The molecule has 0 atom stereocenters. The maximum absolute atomic E-state index is 6.17.